The summed E-state index contributed by atoms with van der Waals surface area (Å²) >= 11 is 0. The molecule has 1 aliphatic rings. The third-order valence-corrected chi connectivity index (χ3v) is 4.51. The molecule has 4 rings (SSSR count). The highest BCUT2D eigenvalue weighted by molar-refractivity contribution is 5.83. The van der Waals surface area contributed by atoms with Crippen LogP contribution >= 0.6 is 0 Å². The summed E-state index contributed by atoms with van der Waals surface area (Å²) in [6, 6.07) is 17.1. The van der Waals surface area contributed by atoms with Gasteiger partial charge in [-0.15, -0.1) is 0 Å². The second kappa shape index (κ2) is 6.67. The standard InChI is InChI=1S/C20H20FN3/c21-18-6-7-19-16(13-18)12-17(14-24-10-8-22-9-11-24)20(23-19)15-4-2-1-3-5-15/h1-7,12-13,22H,8-11,14H2. The first-order valence-electron chi connectivity index (χ1n) is 8.37. The Hall–Kier alpha value is -2.30. The zero-order valence-corrected chi connectivity index (χ0v) is 13.5. The van der Waals surface area contributed by atoms with Crippen molar-refractivity contribution in [2.75, 3.05) is 26.2 Å². The first-order valence-corrected chi connectivity index (χ1v) is 8.37. The van der Waals surface area contributed by atoms with Gasteiger partial charge in [-0.1, -0.05) is 30.3 Å². The van der Waals surface area contributed by atoms with E-state index in [1.165, 1.54) is 6.07 Å². The second-order valence-electron chi connectivity index (χ2n) is 6.23. The van der Waals surface area contributed by atoms with Gasteiger partial charge in [-0.25, -0.2) is 9.37 Å². The van der Waals surface area contributed by atoms with Gasteiger partial charge in [0.15, 0.2) is 0 Å². The maximum Gasteiger partial charge on any atom is 0.123 e. The van der Waals surface area contributed by atoms with Crippen LogP contribution in [0.4, 0.5) is 4.39 Å². The summed E-state index contributed by atoms with van der Waals surface area (Å²) in [4.78, 5) is 7.26. The molecule has 0 bridgehead atoms. The largest absolute Gasteiger partial charge is 0.314 e. The van der Waals surface area contributed by atoms with Crippen molar-refractivity contribution in [2.24, 2.45) is 0 Å². The minimum atomic E-state index is -0.218. The fourth-order valence-electron chi connectivity index (χ4n) is 3.27. The van der Waals surface area contributed by atoms with Gasteiger partial charge in [0.1, 0.15) is 5.82 Å². The number of nitrogens with zero attached hydrogens (tertiary/aromatic N) is 2. The quantitative estimate of drug-likeness (QED) is 0.801. The lowest BCUT2D eigenvalue weighted by molar-refractivity contribution is 0.233. The van der Waals surface area contributed by atoms with Crippen LogP contribution in [-0.4, -0.2) is 36.1 Å². The molecule has 0 amide bonds. The molecule has 1 aliphatic heterocycles. The molecule has 2 aromatic carbocycles. The Labute approximate surface area is 141 Å². The van der Waals surface area contributed by atoms with E-state index in [4.69, 9.17) is 4.98 Å². The van der Waals surface area contributed by atoms with Crippen LogP contribution in [0, 0.1) is 5.82 Å². The number of fused-ring (bicyclic) bond motifs is 1. The second-order valence-corrected chi connectivity index (χ2v) is 6.23. The number of benzene rings is 2. The van der Waals surface area contributed by atoms with Crippen LogP contribution in [0.25, 0.3) is 22.2 Å². The topological polar surface area (TPSA) is 28.2 Å². The van der Waals surface area contributed by atoms with Gasteiger partial charge in [-0.2, -0.15) is 0 Å². The Bertz CT molecular complexity index is 842. The predicted molar refractivity (Wildman–Crippen MR) is 95.3 cm³/mol. The van der Waals surface area contributed by atoms with Gasteiger partial charge in [0, 0.05) is 43.7 Å². The Morgan fingerprint density at radius 1 is 1.00 bits per heavy atom. The van der Waals surface area contributed by atoms with Crippen LogP contribution in [0.5, 0.6) is 0 Å². The van der Waals surface area contributed by atoms with Crippen LogP contribution in [0.15, 0.2) is 54.6 Å². The highest BCUT2D eigenvalue weighted by Gasteiger charge is 2.15. The molecule has 1 fully saturated rings. The Morgan fingerprint density at radius 2 is 1.79 bits per heavy atom. The highest BCUT2D eigenvalue weighted by atomic mass is 19.1. The van der Waals surface area contributed by atoms with Crippen molar-refractivity contribution in [1.82, 2.24) is 15.2 Å². The minimum Gasteiger partial charge on any atom is -0.314 e. The average molecular weight is 321 g/mol. The maximum absolute atomic E-state index is 13.6. The number of hydrogen-bond donors (Lipinski definition) is 1. The molecule has 1 N–H and O–H groups in total. The zero-order valence-electron chi connectivity index (χ0n) is 13.5. The molecule has 0 saturated carbocycles. The highest BCUT2D eigenvalue weighted by Crippen LogP contribution is 2.27. The van der Waals surface area contributed by atoms with E-state index in [1.54, 1.807) is 12.1 Å². The van der Waals surface area contributed by atoms with Crippen molar-refractivity contribution < 1.29 is 4.39 Å². The molecular formula is C20H20FN3. The van der Waals surface area contributed by atoms with Gasteiger partial charge >= 0.3 is 0 Å². The summed E-state index contributed by atoms with van der Waals surface area (Å²) in [5.74, 6) is -0.218. The van der Waals surface area contributed by atoms with Crippen LogP contribution in [-0.2, 0) is 6.54 Å². The number of aromatic nitrogens is 1. The van der Waals surface area contributed by atoms with Gasteiger partial charge in [0.05, 0.1) is 11.2 Å². The summed E-state index contributed by atoms with van der Waals surface area (Å²) in [5, 5.41) is 4.24. The average Bonchev–Trinajstić information content (AvgIpc) is 2.63. The molecule has 0 unspecified atom stereocenters. The summed E-state index contributed by atoms with van der Waals surface area (Å²) in [6.45, 7) is 4.91. The van der Waals surface area contributed by atoms with E-state index >= 15 is 0 Å². The van der Waals surface area contributed by atoms with Crippen LogP contribution in [0.1, 0.15) is 5.56 Å². The van der Waals surface area contributed by atoms with Crippen LogP contribution < -0.4 is 5.32 Å². The fourth-order valence-corrected chi connectivity index (χ4v) is 3.27. The normalized spacial score (nSPS) is 15.7. The summed E-state index contributed by atoms with van der Waals surface area (Å²) in [7, 11) is 0. The van der Waals surface area contributed by atoms with Crippen molar-refractivity contribution >= 4 is 10.9 Å². The molecule has 122 valence electrons. The first kappa shape index (κ1) is 15.2. The zero-order chi connectivity index (χ0) is 16.4. The van der Waals surface area contributed by atoms with Gasteiger partial charge in [0.2, 0.25) is 0 Å². The summed E-state index contributed by atoms with van der Waals surface area (Å²) in [5.41, 5.74) is 4.09. The van der Waals surface area contributed by atoms with Crippen molar-refractivity contribution in [2.45, 2.75) is 6.54 Å². The number of halogens is 1. The number of piperazine rings is 1. The summed E-state index contributed by atoms with van der Waals surface area (Å²) < 4.78 is 13.6. The van der Waals surface area contributed by atoms with E-state index in [-0.39, 0.29) is 5.82 Å². The molecule has 1 aromatic heterocycles. The van der Waals surface area contributed by atoms with E-state index in [1.807, 2.05) is 18.2 Å². The Kier molecular flexibility index (Phi) is 4.24. The Balaban J connectivity index is 1.81. The molecule has 0 atom stereocenters. The maximum atomic E-state index is 13.6. The smallest absolute Gasteiger partial charge is 0.123 e. The molecule has 3 aromatic rings. The Morgan fingerprint density at radius 3 is 2.58 bits per heavy atom. The molecule has 3 nitrogen and oxygen atoms in total. The van der Waals surface area contributed by atoms with Crippen molar-refractivity contribution in [3.05, 3.63) is 66.0 Å². The molecule has 0 aliphatic carbocycles. The van der Waals surface area contributed by atoms with Gasteiger partial charge in [-0.05, 0) is 29.8 Å². The van der Waals surface area contributed by atoms with E-state index in [2.05, 4.69) is 28.4 Å². The number of nitrogens with one attached hydrogen (secondary N) is 1. The predicted octanol–water partition coefficient (Wildman–Crippen LogP) is 3.45. The molecule has 0 spiro atoms. The summed E-state index contributed by atoms with van der Waals surface area (Å²) in [6.07, 6.45) is 0. The van der Waals surface area contributed by atoms with Crippen LogP contribution in [0.2, 0.25) is 0 Å². The van der Waals surface area contributed by atoms with E-state index in [0.29, 0.717) is 0 Å². The molecule has 4 heteroatoms. The van der Waals surface area contributed by atoms with Crippen molar-refractivity contribution in [3.8, 4) is 11.3 Å². The molecule has 0 radical (unpaired) electrons. The fraction of sp³-hybridized carbons (Fsp3) is 0.250. The van der Waals surface area contributed by atoms with Gasteiger partial charge in [-0.3, -0.25) is 4.90 Å². The lowest BCUT2D eigenvalue weighted by Gasteiger charge is -2.28. The SMILES string of the molecule is Fc1ccc2nc(-c3ccccc3)c(CN3CCNCC3)cc2c1. The van der Waals surface area contributed by atoms with Crippen molar-refractivity contribution in [3.63, 3.8) is 0 Å². The van der Waals surface area contributed by atoms with Crippen LogP contribution in [0.3, 0.4) is 0 Å². The van der Waals surface area contributed by atoms with E-state index in [0.717, 1.165) is 60.4 Å². The third-order valence-electron chi connectivity index (χ3n) is 4.51. The van der Waals surface area contributed by atoms with E-state index in [9.17, 15) is 4.39 Å². The number of hydrogen-bond acceptors (Lipinski definition) is 3. The monoisotopic (exact) mass is 321 g/mol. The van der Waals surface area contributed by atoms with Gasteiger partial charge in [0.25, 0.3) is 0 Å². The van der Waals surface area contributed by atoms with Crippen molar-refractivity contribution in [1.29, 1.82) is 0 Å². The van der Waals surface area contributed by atoms with Gasteiger partial charge < -0.3 is 5.32 Å². The van der Waals surface area contributed by atoms with E-state index < -0.39 is 0 Å². The molecular weight excluding hydrogens is 301 g/mol. The number of pyridine rings is 1. The first-order chi connectivity index (χ1) is 11.8. The molecule has 1 saturated heterocycles. The lowest BCUT2D eigenvalue weighted by atomic mass is 10.0. The molecule has 2 heterocycles. The third kappa shape index (κ3) is 3.16. The molecule has 24 heavy (non-hydrogen) atoms. The number of rotatable bonds is 3. The lowest BCUT2D eigenvalue weighted by Crippen LogP contribution is -2.43. The minimum absolute atomic E-state index is 0.218.